The van der Waals surface area contributed by atoms with Gasteiger partial charge in [0.2, 0.25) is 0 Å². The zero-order chi connectivity index (χ0) is 6.57. The van der Waals surface area contributed by atoms with Crippen LogP contribution < -0.4 is 0 Å². The Labute approximate surface area is 46.6 Å². The SMILES string of the molecule is C=CC[C@H](F)C(=O)O. The third kappa shape index (κ3) is 2.34. The number of carboxylic acids is 1. The Hall–Kier alpha value is -0.860. The van der Waals surface area contributed by atoms with Crippen molar-refractivity contribution in [3.63, 3.8) is 0 Å². The fourth-order valence-corrected chi connectivity index (χ4v) is 0.247. The van der Waals surface area contributed by atoms with E-state index in [0.717, 1.165) is 0 Å². The lowest BCUT2D eigenvalue weighted by Gasteiger charge is -1.93. The van der Waals surface area contributed by atoms with Gasteiger partial charge in [-0.15, -0.1) is 6.58 Å². The van der Waals surface area contributed by atoms with Crippen molar-refractivity contribution in [2.24, 2.45) is 0 Å². The van der Waals surface area contributed by atoms with E-state index < -0.39 is 12.1 Å². The number of alkyl halides is 1. The summed E-state index contributed by atoms with van der Waals surface area (Å²) in [6.45, 7) is 3.18. The van der Waals surface area contributed by atoms with Crippen LogP contribution in [0.15, 0.2) is 12.7 Å². The summed E-state index contributed by atoms with van der Waals surface area (Å²) in [4.78, 5) is 9.67. The number of carbonyl (C=O) groups is 1. The number of allylic oxidation sites excluding steroid dienone is 1. The third-order valence-corrected chi connectivity index (χ3v) is 0.642. The first-order valence-electron chi connectivity index (χ1n) is 2.16. The quantitative estimate of drug-likeness (QED) is 0.561. The molecule has 0 unspecified atom stereocenters. The summed E-state index contributed by atoms with van der Waals surface area (Å²) in [7, 11) is 0. The van der Waals surface area contributed by atoms with Crippen LogP contribution in [0.2, 0.25) is 0 Å². The average molecular weight is 118 g/mol. The van der Waals surface area contributed by atoms with Crippen molar-refractivity contribution < 1.29 is 14.3 Å². The maximum atomic E-state index is 11.9. The van der Waals surface area contributed by atoms with E-state index in [1.807, 2.05) is 0 Å². The van der Waals surface area contributed by atoms with Gasteiger partial charge in [0.05, 0.1) is 0 Å². The van der Waals surface area contributed by atoms with Crippen LogP contribution in [0.5, 0.6) is 0 Å². The summed E-state index contributed by atoms with van der Waals surface area (Å²) in [6.07, 6.45) is -0.666. The molecule has 0 bridgehead atoms. The fraction of sp³-hybridized carbons (Fsp3) is 0.400. The summed E-state index contributed by atoms with van der Waals surface area (Å²) in [5.74, 6) is -1.43. The number of halogens is 1. The second-order valence-corrected chi connectivity index (χ2v) is 1.33. The summed E-state index contributed by atoms with van der Waals surface area (Å²) in [5.41, 5.74) is 0. The van der Waals surface area contributed by atoms with Crippen molar-refractivity contribution in [3.05, 3.63) is 12.7 Å². The maximum absolute atomic E-state index is 11.9. The predicted octanol–water partition coefficient (Wildman–Crippen LogP) is 0.985. The summed E-state index contributed by atoms with van der Waals surface area (Å²) in [5, 5.41) is 7.89. The third-order valence-electron chi connectivity index (χ3n) is 0.642. The Balaban J connectivity index is 3.46. The molecule has 0 aromatic carbocycles. The van der Waals surface area contributed by atoms with Crippen molar-refractivity contribution in [2.45, 2.75) is 12.6 Å². The summed E-state index contributed by atoms with van der Waals surface area (Å²) < 4.78 is 11.9. The zero-order valence-corrected chi connectivity index (χ0v) is 4.30. The van der Waals surface area contributed by atoms with Gasteiger partial charge in [-0.2, -0.15) is 0 Å². The second kappa shape index (κ2) is 3.18. The minimum absolute atomic E-state index is 0.116. The van der Waals surface area contributed by atoms with Crippen LogP contribution in [0.3, 0.4) is 0 Å². The van der Waals surface area contributed by atoms with Crippen molar-refractivity contribution in [1.82, 2.24) is 0 Å². The normalized spacial score (nSPS) is 12.6. The lowest BCUT2D eigenvalue weighted by Crippen LogP contribution is -2.12. The van der Waals surface area contributed by atoms with E-state index in [-0.39, 0.29) is 6.42 Å². The molecule has 1 N–H and O–H groups in total. The Bertz CT molecular complexity index is 101. The summed E-state index contributed by atoms with van der Waals surface area (Å²) in [6, 6.07) is 0. The van der Waals surface area contributed by atoms with Crippen LogP contribution in [-0.4, -0.2) is 17.2 Å². The molecule has 0 aromatic rings. The van der Waals surface area contributed by atoms with Crippen LogP contribution in [0, 0.1) is 0 Å². The highest BCUT2D eigenvalue weighted by Gasteiger charge is 2.11. The molecule has 0 amide bonds. The predicted molar refractivity (Wildman–Crippen MR) is 27.3 cm³/mol. The van der Waals surface area contributed by atoms with E-state index in [0.29, 0.717) is 0 Å². The van der Waals surface area contributed by atoms with Crippen molar-refractivity contribution in [1.29, 1.82) is 0 Å². The molecular formula is C5H7FO2. The lowest BCUT2D eigenvalue weighted by atomic mass is 10.3. The molecule has 2 nitrogen and oxygen atoms in total. The van der Waals surface area contributed by atoms with E-state index in [4.69, 9.17) is 5.11 Å². The number of rotatable bonds is 3. The number of aliphatic carboxylic acids is 1. The lowest BCUT2D eigenvalue weighted by molar-refractivity contribution is -0.142. The fourth-order valence-electron chi connectivity index (χ4n) is 0.247. The molecular weight excluding hydrogens is 111 g/mol. The zero-order valence-electron chi connectivity index (χ0n) is 4.30. The minimum Gasteiger partial charge on any atom is -0.479 e. The first kappa shape index (κ1) is 7.14. The molecule has 0 heterocycles. The number of hydrogen-bond acceptors (Lipinski definition) is 1. The highest BCUT2D eigenvalue weighted by molar-refractivity contribution is 5.72. The van der Waals surface area contributed by atoms with Gasteiger partial charge in [-0.1, -0.05) is 6.08 Å². The van der Waals surface area contributed by atoms with Gasteiger partial charge >= 0.3 is 5.97 Å². The average Bonchev–Trinajstić information content (AvgIpc) is 1.67. The maximum Gasteiger partial charge on any atom is 0.338 e. The monoisotopic (exact) mass is 118 g/mol. The Morgan fingerprint density at radius 2 is 2.50 bits per heavy atom. The van der Waals surface area contributed by atoms with Gasteiger partial charge in [-0.3, -0.25) is 0 Å². The van der Waals surface area contributed by atoms with Crippen LogP contribution >= 0.6 is 0 Å². The number of carboxylic acid groups (broad SMARTS) is 1. The van der Waals surface area contributed by atoms with Crippen molar-refractivity contribution in [2.75, 3.05) is 0 Å². The van der Waals surface area contributed by atoms with E-state index >= 15 is 0 Å². The largest absolute Gasteiger partial charge is 0.479 e. The van der Waals surface area contributed by atoms with Crippen LogP contribution in [-0.2, 0) is 4.79 Å². The van der Waals surface area contributed by atoms with Gasteiger partial charge in [0.1, 0.15) is 0 Å². The molecule has 0 saturated carbocycles. The van der Waals surface area contributed by atoms with E-state index in [1.54, 1.807) is 0 Å². The Morgan fingerprint density at radius 3 is 2.62 bits per heavy atom. The molecule has 0 aliphatic rings. The smallest absolute Gasteiger partial charge is 0.338 e. The second-order valence-electron chi connectivity index (χ2n) is 1.33. The van der Waals surface area contributed by atoms with E-state index in [1.165, 1.54) is 6.08 Å². The van der Waals surface area contributed by atoms with Crippen LogP contribution in [0.1, 0.15) is 6.42 Å². The molecule has 0 aliphatic heterocycles. The van der Waals surface area contributed by atoms with Crippen LogP contribution in [0.25, 0.3) is 0 Å². The van der Waals surface area contributed by atoms with Crippen molar-refractivity contribution >= 4 is 5.97 Å². The Morgan fingerprint density at radius 1 is 2.00 bits per heavy atom. The van der Waals surface area contributed by atoms with Gasteiger partial charge in [0.15, 0.2) is 6.17 Å². The molecule has 0 spiro atoms. The molecule has 46 valence electrons. The first-order chi connectivity index (χ1) is 3.68. The molecule has 8 heavy (non-hydrogen) atoms. The number of hydrogen-bond donors (Lipinski definition) is 1. The molecule has 3 heteroatoms. The molecule has 0 radical (unpaired) electrons. The van der Waals surface area contributed by atoms with E-state index in [9.17, 15) is 9.18 Å². The topological polar surface area (TPSA) is 37.3 Å². The molecule has 0 rings (SSSR count). The molecule has 0 aliphatic carbocycles. The molecule has 0 aromatic heterocycles. The Kier molecular flexibility index (Phi) is 2.84. The highest BCUT2D eigenvalue weighted by Crippen LogP contribution is 1.96. The molecule has 1 atom stereocenters. The van der Waals surface area contributed by atoms with Gasteiger partial charge in [0, 0.05) is 6.42 Å². The van der Waals surface area contributed by atoms with Gasteiger partial charge in [0.25, 0.3) is 0 Å². The summed E-state index contributed by atoms with van der Waals surface area (Å²) >= 11 is 0. The molecule has 0 saturated heterocycles. The minimum atomic E-state index is -1.78. The standard InChI is InChI=1S/C5H7FO2/c1-2-3-4(6)5(7)8/h2,4H,1,3H2,(H,7,8)/t4-/m0/s1. The molecule has 0 fully saturated rings. The first-order valence-corrected chi connectivity index (χ1v) is 2.16. The van der Waals surface area contributed by atoms with Gasteiger partial charge in [-0.25, -0.2) is 9.18 Å². The van der Waals surface area contributed by atoms with E-state index in [2.05, 4.69) is 6.58 Å². The van der Waals surface area contributed by atoms with Gasteiger partial charge in [-0.05, 0) is 0 Å². The van der Waals surface area contributed by atoms with Gasteiger partial charge < -0.3 is 5.11 Å². The van der Waals surface area contributed by atoms with Crippen LogP contribution in [0.4, 0.5) is 4.39 Å². The highest BCUT2D eigenvalue weighted by atomic mass is 19.1. The van der Waals surface area contributed by atoms with Crippen molar-refractivity contribution in [3.8, 4) is 0 Å².